The molecule has 3 unspecified atom stereocenters. The highest BCUT2D eigenvalue weighted by Crippen LogP contribution is 2.18. The van der Waals surface area contributed by atoms with E-state index in [4.69, 9.17) is 4.74 Å². The molecule has 0 aromatic carbocycles. The minimum atomic E-state index is -0.795. The first-order valence-electron chi connectivity index (χ1n) is 27.4. The Morgan fingerprint density at radius 2 is 0.810 bits per heavy atom. The lowest BCUT2D eigenvalue weighted by molar-refractivity contribution is -0.151. The van der Waals surface area contributed by atoms with Gasteiger partial charge in [-0.25, -0.2) is 0 Å². The van der Waals surface area contributed by atoms with Crippen LogP contribution in [0.4, 0.5) is 0 Å². The topological polar surface area (TPSA) is 95.9 Å². The van der Waals surface area contributed by atoms with Crippen molar-refractivity contribution < 1.29 is 24.5 Å². The van der Waals surface area contributed by atoms with E-state index in [0.29, 0.717) is 25.7 Å². The van der Waals surface area contributed by atoms with Crippen LogP contribution in [0.15, 0.2) is 48.6 Å². The molecule has 0 saturated carbocycles. The summed E-state index contributed by atoms with van der Waals surface area (Å²) in [5.74, 6) is -0.530. The third-order valence-electron chi connectivity index (χ3n) is 12.4. The lowest BCUT2D eigenvalue weighted by Gasteiger charge is -2.24. The first kappa shape index (κ1) is 60.8. The fourth-order valence-corrected chi connectivity index (χ4v) is 8.25. The average Bonchev–Trinajstić information content (AvgIpc) is 3.28. The third-order valence-corrected chi connectivity index (χ3v) is 12.4. The van der Waals surface area contributed by atoms with Gasteiger partial charge in [-0.05, 0) is 64.2 Å². The van der Waals surface area contributed by atoms with E-state index in [0.717, 1.165) is 64.2 Å². The van der Waals surface area contributed by atoms with Crippen molar-refractivity contribution in [3.8, 4) is 0 Å². The second-order valence-electron chi connectivity index (χ2n) is 18.6. The number of aliphatic hydroxyl groups is 2. The van der Waals surface area contributed by atoms with Gasteiger partial charge in [0.25, 0.3) is 0 Å². The molecule has 0 aliphatic rings. The minimum Gasteiger partial charge on any atom is -0.462 e. The Bertz CT molecular complexity index is 1080. The maximum atomic E-state index is 13.2. The largest absolute Gasteiger partial charge is 0.462 e. The predicted octanol–water partition coefficient (Wildman–Crippen LogP) is 16.6. The predicted molar refractivity (Wildman–Crippen MR) is 273 cm³/mol. The van der Waals surface area contributed by atoms with Gasteiger partial charge in [0.05, 0.1) is 25.2 Å². The number of ether oxygens (including phenoxy) is 1. The number of allylic oxidation sites excluding steroid dienone is 8. The molecule has 6 heteroatoms. The normalized spacial score (nSPS) is 13.5. The molecule has 0 aromatic heterocycles. The molecule has 6 nitrogen and oxygen atoms in total. The second kappa shape index (κ2) is 50.8. The molecule has 0 aliphatic carbocycles. The Balaban J connectivity index is 4.62. The van der Waals surface area contributed by atoms with Gasteiger partial charge in [-0.2, -0.15) is 0 Å². The number of hydrogen-bond donors (Lipinski definition) is 3. The fraction of sp³-hybridized carbons (Fsp3) is 0.825. The average molecular weight is 884 g/mol. The Morgan fingerprint density at radius 1 is 0.460 bits per heavy atom. The monoisotopic (exact) mass is 884 g/mol. The van der Waals surface area contributed by atoms with Crippen molar-refractivity contribution in [2.75, 3.05) is 6.61 Å². The van der Waals surface area contributed by atoms with Crippen LogP contribution < -0.4 is 5.32 Å². The van der Waals surface area contributed by atoms with Crippen molar-refractivity contribution in [2.45, 2.75) is 296 Å². The van der Waals surface area contributed by atoms with Gasteiger partial charge in [0.2, 0.25) is 5.91 Å². The molecule has 0 fully saturated rings. The molecule has 0 aliphatic heterocycles. The molecule has 0 heterocycles. The first-order valence-corrected chi connectivity index (χ1v) is 27.4. The fourth-order valence-electron chi connectivity index (χ4n) is 8.25. The number of hydrogen-bond acceptors (Lipinski definition) is 5. The van der Waals surface area contributed by atoms with Gasteiger partial charge >= 0.3 is 5.97 Å². The maximum absolute atomic E-state index is 13.2. The molecular weight excluding hydrogens is 779 g/mol. The molecule has 63 heavy (non-hydrogen) atoms. The summed E-state index contributed by atoms with van der Waals surface area (Å²) in [6.07, 6.45) is 61.7. The van der Waals surface area contributed by atoms with Gasteiger partial charge in [-0.1, -0.05) is 249 Å². The molecule has 0 rings (SSSR count). The van der Waals surface area contributed by atoms with Crippen LogP contribution >= 0.6 is 0 Å². The zero-order valence-electron chi connectivity index (χ0n) is 42.0. The Kier molecular flexibility index (Phi) is 49.1. The molecule has 0 saturated heterocycles. The lowest BCUT2D eigenvalue weighted by atomic mass is 10.0. The number of rotatable bonds is 49. The molecule has 1 amide bonds. The summed E-state index contributed by atoms with van der Waals surface area (Å²) in [6.45, 7) is 6.46. The number of carbonyl (C=O) groups is 2. The first-order chi connectivity index (χ1) is 31.0. The number of carbonyl (C=O) groups excluding carboxylic acids is 2. The molecule has 3 N–H and O–H groups in total. The van der Waals surface area contributed by atoms with Crippen LogP contribution in [0, 0.1) is 0 Å². The van der Waals surface area contributed by atoms with E-state index in [2.05, 4.69) is 74.7 Å². The lowest BCUT2D eigenvalue weighted by Crippen LogP contribution is -2.46. The summed E-state index contributed by atoms with van der Waals surface area (Å²) < 4.78 is 5.92. The van der Waals surface area contributed by atoms with Crippen LogP contribution in [0.25, 0.3) is 0 Å². The summed E-state index contributed by atoms with van der Waals surface area (Å²) in [5, 5.41) is 23.8. The van der Waals surface area contributed by atoms with Gasteiger partial charge in [-0.15, -0.1) is 0 Å². The zero-order valence-corrected chi connectivity index (χ0v) is 42.0. The molecule has 3 atom stereocenters. The van der Waals surface area contributed by atoms with Gasteiger partial charge in [0, 0.05) is 6.42 Å². The molecule has 0 radical (unpaired) electrons. The SMILES string of the molecule is CCCCC/C=C\C/C=C\C/C=C\C/C=C\CCCC(=O)OC(CCCCCCCCCCCCCCC)CC(=O)NC(CO)C(O)CCCCCCCCCCCCCCCC. The minimum absolute atomic E-state index is 0.0588. The standard InChI is InChI=1S/C57H105NO5/c1-4-7-10-13-16-19-22-25-27-28-29-32-35-38-41-44-47-50-57(62)63-53(48-45-42-39-36-33-30-24-21-18-15-12-9-6-3)51-56(61)58-54(52-59)55(60)49-46-43-40-37-34-31-26-23-20-17-14-11-8-5-2/h16,19,25,27,29,32,38,41,53-55,59-60H,4-15,17-18,20-24,26,28,30-31,33-37,39-40,42-52H2,1-3H3,(H,58,61)/b19-16-,27-25-,32-29-,41-38-. The van der Waals surface area contributed by atoms with Crippen LogP contribution in [0.3, 0.4) is 0 Å². The van der Waals surface area contributed by atoms with Gasteiger partial charge < -0.3 is 20.3 Å². The number of aliphatic hydroxyl groups excluding tert-OH is 2. The molecule has 0 spiro atoms. The van der Waals surface area contributed by atoms with Gasteiger partial charge in [0.1, 0.15) is 6.10 Å². The van der Waals surface area contributed by atoms with E-state index in [1.165, 1.54) is 161 Å². The van der Waals surface area contributed by atoms with Crippen molar-refractivity contribution in [1.29, 1.82) is 0 Å². The van der Waals surface area contributed by atoms with Crippen molar-refractivity contribution in [2.24, 2.45) is 0 Å². The van der Waals surface area contributed by atoms with Crippen LogP contribution in [-0.2, 0) is 14.3 Å². The number of esters is 1. The molecule has 368 valence electrons. The summed E-state index contributed by atoms with van der Waals surface area (Å²) in [5.41, 5.74) is 0. The Labute approximate surface area is 391 Å². The van der Waals surface area contributed by atoms with E-state index < -0.39 is 18.2 Å². The van der Waals surface area contributed by atoms with E-state index in [1.807, 2.05) is 0 Å². The number of nitrogens with one attached hydrogen (secondary N) is 1. The molecular formula is C57H105NO5. The van der Waals surface area contributed by atoms with Crippen LogP contribution in [0.5, 0.6) is 0 Å². The summed E-state index contributed by atoms with van der Waals surface area (Å²) in [4.78, 5) is 26.2. The van der Waals surface area contributed by atoms with Gasteiger partial charge in [-0.3, -0.25) is 9.59 Å². The van der Waals surface area contributed by atoms with Crippen molar-refractivity contribution >= 4 is 11.9 Å². The highest BCUT2D eigenvalue weighted by atomic mass is 16.5. The van der Waals surface area contributed by atoms with Crippen molar-refractivity contribution in [1.82, 2.24) is 5.32 Å². The van der Waals surface area contributed by atoms with E-state index in [9.17, 15) is 19.8 Å². The smallest absolute Gasteiger partial charge is 0.306 e. The third kappa shape index (κ3) is 46.2. The van der Waals surface area contributed by atoms with E-state index in [1.54, 1.807) is 0 Å². The van der Waals surface area contributed by atoms with E-state index >= 15 is 0 Å². The summed E-state index contributed by atoms with van der Waals surface area (Å²) in [6, 6.07) is -0.711. The Morgan fingerprint density at radius 3 is 1.22 bits per heavy atom. The highest BCUT2D eigenvalue weighted by Gasteiger charge is 2.24. The number of unbranched alkanes of at least 4 members (excludes halogenated alkanes) is 29. The van der Waals surface area contributed by atoms with Crippen LogP contribution in [-0.4, -0.2) is 46.9 Å². The van der Waals surface area contributed by atoms with Crippen molar-refractivity contribution in [3.05, 3.63) is 48.6 Å². The maximum Gasteiger partial charge on any atom is 0.306 e. The highest BCUT2D eigenvalue weighted by molar-refractivity contribution is 5.77. The summed E-state index contributed by atoms with van der Waals surface area (Å²) >= 11 is 0. The van der Waals surface area contributed by atoms with E-state index in [-0.39, 0.29) is 24.9 Å². The molecule has 0 aromatic rings. The van der Waals surface area contributed by atoms with Crippen LogP contribution in [0.1, 0.15) is 278 Å². The molecule has 0 bridgehead atoms. The van der Waals surface area contributed by atoms with Gasteiger partial charge in [0.15, 0.2) is 0 Å². The van der Waals surface area contributed by atoms with Crippen molar-refractivity contribution in [3.63, 3.8) is 0 Å². The van der Waals surface area contributed by atoms with Crippen LogP contribution in [0.2, 0.25) is 0 Å². The second-order valence-corrected chi connectivity index (χ2v) is 18.6. The quantitative estimate of drug-likeness (QED) is 0.0321. The Hall–Kier alpha value is -2.18. The number of amides is 1. The summed E-state index contributed by atoms with van der Waals surface area (Å²) in [7, 11) is 0. The zero-order chi connectivity index (χ0) is 45.9.